The molecule has 0 saturated carbocycles. The minimum absolute atomic E-state index is 0.190. The predicted molar refractivity (Wildman–Crippen MR) is 43.9 cm³/mol. The molecule has 0 rings (SSSR count). The van der Waals surface area contributed by atoms with Gasteiger partial charge in [-0.3, -0.25) is 0 Å². The SMILES string of the molecule is C=CCCCCOC[B-](F)(F)F. The summed E-state index contributed by atoms with van der Waals surface area (Å²) in [4.78, 5) is 0. The van der Waals surface area contributed by atoms with Gasteiger partial charge >= 0.3 is 6.98 Å². The van der Waals surface area contributed by atoms with Gasteiger partial charge in [0.2, 0.25) is 0 Å². The topological polar surface area (TPSA) is 9.23 Å². The Morgan fingerprint density at radius 1 is 1.25 bits per heavy atom. The van der Waals surface area contributed by atoms with E-state index in [9.17, 15) is 12.9 Å². The molecule has 5 heteroatoms. The number of allylic oxidation sites excluding steroid dienone is 1. The van der Waals surface area contributed by atoms with E-state index in [1.807, 2.05) is 0 Å². The van der Waals surface area contributed by atoms with Crippen molar-refractivity contribution in [2.45, 2.75) is 19.3 Å². The Kier molecular flexibility index (Phi) is 5.89. The fourth-order valence-corrected chi connectivity index (χ4v) is 0.710. The zero-order valence-electron chi connectivity index (χ0n) is 6.94. The van der Waals surface area contributed by atoms with Crippen molar-refractivity contribution in [1.82, 2.24) is 0 Å². The Bertz CT molecular complexity index is 124. The molecular weight excluding hydrogens is 168 g/mol. The fourth-order valence-electron chi connectivity index (χ4n) is 0.710. The average Bonchev–Trinajstić information content (AvgIpc) is 1.94. The van der Waals surface area contributed by atoms with Gasteiger partial charge in [0.25, 0.3) is 0 Å². The smallest absolute Gasteiger partial charge is 0.447 e. The Hall–Kier alpha value is -0.445. The lowest BCUT2D eigenvalue weighted by Crippen LogP contribution is -2.24. The van der Waals surface area contributed by atoms with E-state index >= 15 is 0 Å². The maximum Gasteiger partial charge on any atom is 0.503 e. The first kappa shape index (κ1) is 11.6. The highest BCUT2D eigenvalue weighted by Crippen LogP contribution is 2.08. The van der Waals surface area contributed by atoms with Crippen LogP contribution in [0.3, 0.4) is 0 Å². The lowest BCUT2D eigenvalue weighted by Gasteiger charge is -2.13. The molecule has 0 fully saturated rings. The molecule has 0 N–H and O–H groups in total. The fraction of sp³-hybridized carbons (Fsp3) is 0.714. The van der Waals surface area contributed by atoms with Gasteiger partial charge in [0.05, 0.1) is 0 Å². The molecule has 0 aliphatic carbocycles. The lowest BCUT2D eigenvalue weighted by atomic mass is 9.95. The normalized spacial score (nSPS) is 11.6. The molecule has 0 amide bonds. The summed E-state index contributed by atoms with van der Waals surface area (Å²) in [7, 11) is 0. The number of rotatable bonds is 7. The van der Waals surface area contributed by atoms with Crippen LogP contribution < -0.4 is 0 Å². The third-order valence-electron chi connectivity index (χ3n) is 1.25. The maximum absolute atomic E-state index is 11.6. The Morgan fingerprint density at radius 2 is 1.92 bits per heavy atom. The van der Waals surface area contributed by atoms with Crippen LogP contribution in [0.25, 0.3) is 0 Å². The average molecular weight is 181 g/mol. The summed E-state index contributed by atoms with van der Waals surface area (Å²) < 4.78 is 39.1. The van der Waals surface area contributed by atoms with E-state index in [0.717, 1.165) is 12.8 Å². The molecule has 0 spiro atoms. The molecule has 0 aliphatic rings. The minimum atomic E-state index is -4.77. The van der Waals surface area contributed by atoms with E-state index in [2.05, 4.69) is 11.3 Å². The van der Waals surface area contributed by atoms with Crippen molar-refractivity contribution in [3.8, 4) is 0 Å². The van der Waals surface area contributed by atoms with Crippen molar-refractivity contribution in [1.29, 1.82) is 0 Å². The predicted octanol–water partition coefficient (Wildman–Crippen LogP) is 2.75. The van der Waals surface area contributed by atoms with Crippen LogP contribution in [0.5, 0.6) is 0 Å². The zero-order chi connectivity index (χ0) is 9.45. The van der Waals surface area contributed by atoms with E-state index in [-0.39, 0.29) is 6.61 Å². The second-order valence-electron chi connectivity index (χ2n) is 2.57. The Balaban J connectivity index is 3.06. The highest BCUT2D eigenvalue weighted by molar-refractivity contribution is 6.58. The van der Waals surface area contributed by atoms with Crippen LogP contribution in [0.1, 0.15) is 19.3 Å². The molecule has 12 heavy (non-hydrogen) atoms. The zero-order valence-corrected chi connectivity index (χ0v) is 6.94. The van der Waals surface area contributed by atoms with Gasteiger partial charge < -0.3 is 17.7 Å². The molecule has 0 aromatic carbocycles. The highest BCUT2D eigenvalue weighted by Gasteiger charge is 2.22. The summed E-state index contributed by atoms with van der Waals surface area (Å²) in [6.07, 6.45) is 4.08. The van der Waals surface area contributed by atoms with Gasteiger partial charge in [-0.05, 0) is 19.3 Å². The van der Waals surface area contributed by atoms with Crippen molar-refractivity contribution in [3.05, 3.63) is 12.7 Å². The van der Waals surface area contributed by atoms with E-state index < -0.39 is 13.5 Å². The Labute approximate surface area is 70.7 Å². The molecule has 0 bridgehead atoms. The van der Waals surface area contributed by atoms with Gasteiger partial charge in [-0.1, -0.05) is 6.08 Å². The lowest BCUT2D eigenvalue weighted by molar-refractivity contribution is 0.146. The molecule has 0 unspecified atom stereocenters. The summed E-state index contributed by atoms with van der Waals surface area (Å²) in [5.74, 6) is 0. The molecular formula is C7H13BF3O-. The quantitative estimate of drug-likeness (QED) is 0.333. The molecule has 72 valence electrons. The monoisotopic (exact) mass is 181 g/mol. The third kappa shape index (κ3) is 9.55. The first-order chi connectivity index (χ1) is 5.56. The van der Waals surface area contributed by atoms with Gasteiger partial charge in [-0.15, -0.1) is 6.58 Å². The third-order valence-corrected chi connectivity index (χ3v) is 1.25. The molecule has 0 aliphatic heterocycles. The summed E-state index contributed by atoms with van der Waals surface area (Å²) in [5.41, 5.74) is 0. The van der Waals surface area contributed by atoms with E-state index in [4.69, 9.17) is 0 Å². The second-order valence-corrected chi connectivity index (χ2v) is 2.57. The van der Waals surface area contributed by atoms with Crippen LogP contribution in [0.2, 0.25) is 0 Å². The molecule has 0 aromatic rings. The second kappa shape index (κ2) is 6.11. The Morgan fingerprint density at radius 3 is 2.42 bits per heavy atom. The van der Waals surface area contributed by atoms with Crippen LogP contribution >= 0.6 is 0 Å². The maximum atomic E-state index is 11.6. The first-order valence-electron chi connectivity index (χ1n) is 3.96. The highest BCUT2D eigenvalue weighted by atomic mass is 19.4. The summed E-state index contributed by atoms with van der Waals surface area (Å²) in [6, 6.07) is 0. The van der Waals surface area contributed by atoms with Gasteiger partial charge in [0.15, 0.2) is 0 Å². The van der Waals surface area contributed by atoms with Crippen molar-refractivity contribution >= 4 is 6.98 Å². The van der Waals surface area contributed by atoms with Crippen molar-refractivity contribution < 1.29 is 17.7 Å². The van der Waals surface area contributed by atoms with Gasteiger partial charge in [-0.2, -0.15) is 0 Å². The molecule has 1 nitrogen and oxygen atoms in total. The summed E-state index contributed by atoms with van der Waals surface area (Å²) in [5, 5.41) is 0. The molecule has 0 radical (unpaired) electrons. The standard InChI is InChI=1S/C7H13BF3O/c1-2-3-4-5-6-12-7-8(9,10)11/h2H,1,3-7H2/q-1. The molecule has 0 aromatic heterocycles. The van der Waals surface area contributed by atoms with E-state index in [1.54, 1.807) is 6.08 Å². The van der Waals surface area contributed by atoms with Crippen molar-refractivity contribution in [3.63, 3.8) is 0 Å². The van der Waals surface area contributed by atoms with Crippen LogP contribution in [0.4, 0.5) is 12.9 Å². The number of ether oxygens (including phenoxy) is 1. The first-order valence-corrected chi connectivity index (χ1v) is 3.96. The summed E-state index contributed by atoms with van der Waals surface area (Å²) >= 11 is 0. The number of unbranched alkanes of at least 4 members (excludes halogenated alkanes) is 2. The molecule has 0 heterocycles. The molecule has 0 saturated heterocycles. The van der Waals surface area contributed by atoms with Crippen molar-refractivity contribution in [2.24, 2.45) is 0 Å². The van der Waals surface area contributed by atoms with Crippen LogP contribution in [0.15, 0.2) is 12.7 Å². The minimum Gasteiger partial charge on any atom is -0.447 e. The van der Waals surface area contributed by atoms with Crippen LogP contribution in [-0.4, -0.2) is 20.1 Å². The van der Waals surface area contributed by atoms with Gasteiger partial charge in [0.1, 0.15) is 0 Å². The van der Waals surface area contributed by atoms with Gasteiger partial charge in [-0.25, -0.2) is 0 Å². The van der Waals surface area contributed by atoms with E-state index in [0.29, 0.717) is 6.42 Å². The largest absolute Gasteiger partial charge is 0.503 e. The number of hydrogen-bond acceptors (Lipinski definition) is 1. The van der Waals surface area contributed by atoms with Crippen LogP contribution in [0, 0.1) is 0 Å². The van der Waals surface area contributed by atoms with Gasteiger partial charge in [0, 0.05) is 13.1 Å². The number of halogens is 3. The number of hydrogen-bond donors (Lipinski definition) is 0. The van der Waals surface area contributed by atoms with E-state index in [1.165, 1.54) is 0 Å². The van der Waals surface area contributed by atoms with Crippen LogP contribution in [-0.2, 0) is 4.74 Å². The van der Waals surface area contributed by atoms with Crippen molar-refractivity contribution in [2.75, 3.05) is 13.1 Å². The molecule has 0 atom stereocenters. The summed E-state index contributed by atoms with van der Waals surface area (Å²) in [6.45, 7) is -2.15.